The van der Waals surface area contributed by atoms with Crippen LogP contribution in [0.4, 0.5) is 0 Å². The molecule has 1 aromatic rings. The second-order valence-electron chi connectivity index (χ2n) is 3.92. The highest BCUT2D eigenvalue weighted by atomic mass is 35.5. The molecule has 1 aliphatic rings. The van der Waals surface area contributed by atoms with E-state index in [0.717, 1.165) is 0 Å². The molecule has 1 atom stereocenters. The number of halogens is 1. The van der Waals surface area contributed by atoms with Gasteiger partial charge in [-0.15, -0.1) is 11.8 Å². The summed E-state index contributed by atoms with van der Waals surface area (Å²) in [6.45, 7) is 0. The van der Waals surface area contributed by atoms with Crippen molar-refractivity contribution in [3.05, 3.63) is 22.7 Å². The highest BCUT2D eigenvalue weighted by Gasteiger charge is 2.31. The van der Waals surface area contributed by atoms with Crippen LogP contribution in [0.15, 0.2) is 17.0 Å². The number of methoxy groups -OCH3 is 1. The average molecular weight is 287 g/mol. The van der Waals surface area contributed by atoms with E-state index >= 15 is 0 Å². The molecule has 1 heterocycles. The number of rotatable bonds is 3. The molecule has 0 radical (unpaired) electrons. The molecule has 1 unspecified atom stereocenters. The lowest BCUT2D eigenvalue weighted by atomic mass is 10.0. The van der Waals surface area contributed by atoms with Gasteiger partial charge in [-0.1, -0.05) is 11.6 Å². The molecule has 0 fully saturated rings. The van der Waals surface area contributed by atoms with Crippen molar-refractivity contribution in [1.82, 2.24) is 0 Å². The zero-order valence-corrected chi connectivity index (χ0v) is 11.2. The largest absolute Gasteiger partial charge is 0.496 e. The summed E-state index contributed by atoms with van der Waals surface area (Å²) in [6.07, 6.45) is 0.143. The normalized spacial score (nSPS) is 18.3. The first-order chi connectivity index (χ1) is 8.52. The topological polar surface area (TPSA) is 63.6 Å². The molecule has 1 aliphatic heterocycles. The van der Waals surface area contributed by atoms with Gasteiger partial charge in [0.05, 0.1) is 24.1 Å². The second-order valence-corrected chi connectivity index (χ2v) is 5.64. The highest BCUT2D eigenvalue weighted by Crippen LogP contribution is 2.44. The Morgan fingerprint density at radius 3 is 2.94 bits per heavy atom. The molecule has 1 aromatic carbocycles. The van der Waals surface area contributed by atoms with Gasteiger partial charge in [-0.25, -0.2) is 0 Å². The molecule has 0 bridgehead atoms. The van der Waals surface area contributed by atoms with Gasteiger partial charge >= 0.3 is 5.97 Å². The predicted octanol–water partition coefficient (Wildman–Crippen LogP) is 2.87. The Kier molecular flexibility index (Phi) is 3.82. The molecule has 1 N–H and O–H groups in total. The van der Waals surface area contributed by atoms with Crippen LogP contribution in [0, 0.1) is 0 Å². The summed E-state index contributed by atoms with van der Waals surface area (Å²) in [4.78, 5) is 23.4. The maximum atomic E-state index is 12.1. The van der Waals surface area contributed by atoms with Crippen molar-refractivity contribution >= 4 is 35.1 Å². The third-order valence-corrected chi connectivity index (χ3v) is 4.42. The standard InChI is InChI=1S/C12H11ClO4S/c1-17-9-3-2-7(13)12-11(9)8(14)4-6(18-12)5-10(15)16/h2-3,6H,4-5H2,1H3,(H,15,16). The van der Waals surface area contributed by atoms with E-state index < -0.39 is 5.97 Å². The Balaban J connectivity index is 2.41. The third-order valence-electron chi connectivity index (χ3n) is 2.67. The number of Topliss-reactive ketones (excluding diaryl/α,β-unsaturated/α-hetero) is 1. The molecule has 0 aromatic heterocycles. The number of aliphatic carboxylic acids is 1. The molecule has 0 amide bonds. The maximum absolute atomic E-state index is 12.1. The van der Waals surface area contributed by atoms with Crippen LogP contribution in [0.5, 0.6) is 5.75 Å². The van der Waals surface area contributed by atoms with Crippen LogP contribution in [-0.4, -0.2) is 29.2 Å². The number of fused-ring (bicyclic) bond motifs is 1. The molecule has 0 spiro atoms. The summed E-state index contributed by atoms with van der Waals surface area (Å²) < 4.78 is 5.15. The molecule has 0 aliphatic carbocycles. The lowest BCUT2D eigenvalue weighted by molar-refractivity contribution is -0.136. The van der Waals surface area contributed by atoms with E-state index in [2.05, 4.69) is 0 Å². The third kappa shape index (κ3) is 2.47. The molecule has 0 saturated heterocycles. The zero-order chi connectivity index (χ0) is 13.3. The van der Waals surface area contributed by atoms with Crippen LogP contribution in [0.2, 0.25) is 5.02 Å². The summed E-state index contributed by atoms with van der Waals surface area (Å²) >= 11 is 7.39. The lowest BCUT2D eigenvalue weighted by Crippen LogP contribution is -2.21. The first-order valence-electron chi connectivity index (χ1n) is 5.31. The predicted molar refractivity (Wildman–Crippen MR) is 68.8 cm³/mol. The van der Waals surface area contributed by atoms with Gasteiger partial charge in [0.25, 0.3) is 0 Å². The van der Waals surface area contributed by atoms with Crippen LogP contribution in [0.1, 0.15) is 23.2 Å². The van der Waals surface area contributed by atoms with Gasteiger partial charge in [0.2, 0.25) is 0 Å². The number of carbonyl (C=O) groups excluding carboxylic acids is 1. The van der Waals surface area contributed by atoms with Crippen molar-refractivity contribution in [3.63, 3.8) is 0 Å². The molecule has 2 rings (SSSR count). The number of carboxylic acids is 1. The molecular formula is C12H11ClO4S. The summed E-state index contributed by atoms with van der Waals surface area (Å²) in [5, 5.41) is 8.97. The van der Waals surface area contributed by atoms with Crippen LogP contribution in [0.3, 0.4) is 0 Å². The van der Waals surface area contributed by atoms with Crippen LogP contribution in [-0.2, 0) is 4.79 Å². The number of ether oxygens (including phenoxy) is 1. The minimum absolute atomic E-state index is 0.0522. The Morgan fingerprint density at radius 1 is 1.61 bits per heavy atom. The number of hydrogen-bond donors (Lipinski definition) is 1. The molecule has 0 saturated carbocycles. The summed E-state index contributed by atoms with van der Waals surface area (Å²) in [6, 6.07) is 3.31. The van der Waals surface area contributed by atoms with Crippen LogP contribution >= 0.6 is 23.4 Å². The first-order valence-corrected chi connectivity index (χ1v) is 6.56. The molecule has 96 valence electrons. The fourth-order valence-electron chi connectivity index (χ4n) is 1.91. The lowest BCUT2D eigenvalue weighted by Gasteiger charge is -2.24. The molecule has 18 heavy (non-hydrogen) atoms. The van der Waals surface area contributed by atoms with Crippen molar-refractivity contribution in [2.75, 3.05) is 7.11 Å². The zero-order valence-electron chi connectivity index (χ0n) is 9.60. The summed E-state index contributed by atoms with van der Waals surface area (Å²) in [5.74, 6) is -0.544. The Labute approximate surface area is 113 Å². The number of benzene rings is 1. The highest BCUT2D eigenvalue weighted by molar-refractivity contribution is 8.00. The van der Waals surface area contributed by atoms with Crippen molar-refractivity contribution in [3.8, 4) is 5.75 Å². The Morgan fingerprint density at radius 2 is 2.33 bits per heavy atom. The molecule has 6 heteroatoms. The van der Waals surface area contributed by atoms with Gasteiger partial charge in [0.1, 0.15) is 5.75 Å². The Hall–Kier alpha value is -1.20. The van der Waals surface area contributed by atoms with E-state index in [4.69, 9.17) is 21.4 Å². The minimum Gasteiger partial charge on any atom is -0.496 e. The van der Waals surface area contributed by atoms with Gasteiger partial charge in [0, 0.05) is 16.6 Å². The van der Waals surface area contributed by atoms with E-state index in [1.54, 1.807) is 12.1 Å². The van der Waals surface area contributed by atoms with Crippen LogP contribution < -0.4 is 4.74 Å². The van der Waals surface area contributed by atoms with Gasteiger partial charge < -0.3 is 9.84 Å². The number of hydrogen-bond acceptors (Lipinski definition) is 4. The van der Waals surface area contributed by atoms with Gasteiger partial charge in [-0.05, 0) is 12.1 Å². The quantitative estimate of drug-likeness (QED) is 0.925. The second kappa shape index (κ2) is 5.20. The van der Waals surface area contributed by atoms with E-state index in [1.165, 1.54) is 18.9 Å². The van der Waals surface area contributed by atoms with Crippen molar-refractivity contribution in [1.29, 1.82) is 0 Å². The smallest absolute Gasteiger partial charge is 0.304 e. The van der Waals surface area contributed by atoms with E-state index in [1.807, 2.05) is 0 Å². The summed E-state index contributed by atoms with van der Waals surface area (Å²) in [7, 11) is 1.49. The molecular weight excluding hydrogens is 276 g/mol. The Bertz CT molecular complexity index is 515. The number of thioether (sulfide) groups is 1. The average Bonchev–Trinajstić information content (AvgIpc) is 2.29. The van der Waals surface area contributed by atoms with Crippen molar-refractivity contribution < 1.29 is 19.4 Å². The fraction of sp³-hybridized carbons (Fsp3) is 0.333. The van der Waals surface area contributed by atoms with Crippen LogP contribution in [0.25, 0.3) is 0 Å². The number of carboxylic acid groups (broad SMARTS) is 1. The van der Waals surface area contributed by atoms with E-state index in [9.17, 15) is 9.59 Å². The SMILES string of the molecule is COc1ccc(Cl)c2c1C(=O)CC(CC(=O)O)S2. The van der Waals surface area contributed by atoms with E-state index in [-0.39, 0.29) is 23.9 Å². The van der Waals surface area contributed by atoms with Gasteiger partial charge in [-0.2, -0.15) is 0 Å². The fourth-order valence-corrected chi connectivity index (χ4v) is 3.51. The molecule has 4 nitrogen and oxygen atoms in total. The van der Waals surface area contributed by atoms with E-state index in [0.29, 0.717) is 21.2 Å². The van der Waals surface area contributed by atoms with Gasteiger partial charge in [0.15, 0.2) is 5.78 Å². The van der Waals surface area contributed by atoms with Crippen molar-refractivity contribution in [2.45, 2.75) is 23.0 Å². The minimum atomic E-state index is -0.914. The van der Waals surface area contributed by atoms with Crippen molar-refractivity contribution in [2.24, 2.45) is 0 Å². The number of ketones is 1. The summed E-state index contributed by atoms with van der Waals surface area (Å²) in [5.41, 5.74) is 0.469. The number of carbonyl (C=O) groups is 2. The van der Waals surface area contributed by atoms with Gasteiger partial charge in [-0.3, -0.25) is 9.59 Å². The maximum Gasteiger partial charge on any atom is 0.304 e. The first kappa shape index (κ1) is 13.2. The monoisotopic (exact) mass is 286 g/mol.